The Balaban J connectivity index is 1.99. The minimum atomic E-state index is 0.776. The number of aryl methyl sites for hydroxylation is 1. The summed E-state index contributed by atoms with van der Waals surface area (Å²) in [6.07, 6.45) is 3.32. The third-order valence-corrected chi connectivity index (χ3v) is 3.09. The van der Waals surface area contributed by atoms with Crippen LogP contribution in [0.15, 0.2) is 29.8 Å². The van der Waals surface area contributed by atoms with Crippen molar-refractivity contribution in [2.75, 3.05) is 25.1 Å². The molecule has 86 valence electrons. The van der Waals surface area contributed by atoms with Crippen LogP contribution in [0, 0.1) is 13.8 Å². The van der Waals surface area contributed by atoms with Crippen LogP contribution in [0.3, 0.4) is 0 Å². The fourth-order valence-corrected chi connectivity index (χ4v) is 1.88. The zero-order chi connectivity index (χ0) is 11.4. The molecule has 0 aliphatic carbocycles. The lowest BCUT2D eigenvalue weighted by Gasteiger charge is -2.16. The van der Waals surface area contributed by atoms with Crippen LogP contribution in [0.4, 0.5) is 5.69 Å². The summed E-state index contributed by atoms with van der Waals surface area (Å²) in [7, 11) is 0. The summed E-state index contributed by atoms with van der Waals surface area (Å²) >= 11 is 0. The molecule has 0 fully saturated rings. The number of anilines is 1. The Kier molecular flexibility index (Phi) is 3.62. The van der Waals surface area contributed by atoms with Crippen molar-refractivity contribution in [1.82, 2.24) is 0 Å². The molecular weight excluding hydrogens is 198 g/mol. The van der Waals surface area contributed by atoms with Crippen molar-refractivity contribution in [1.29, 1.82) is 0 Å². The van der Waals surface area contributed by atoms with E-state index < -0.39 is 0 Å². The van der Waals surface area contributed by atoms with Gasteiger partial charge in [0.1, 0.15) is 0 Å². The molecule has 1 aromatic rings. The van der Waals surface area contributed by atoms with E-state index in [1.54, 1.807) is 0 Å². The second kappa shape index (κ2) is 5.17. The summed E-state index contributed by atoms with van der Waals surface area (Å²) in [5, 5.41) is 3.48. The van der Waals surface area contributed by atoms with Crippen molar-refractivity contribution >= 4 is 5.69 Å². The predicted octanol–water partition coefficient (Wildman–Crippen LogP) is 3.06. The largest absolute Gasteiger partial charge is 0.381 e. The summed E-state index contributed by atoms with van der Waals surface area (Å²) in [5.74, 6) is 0. The molecule has 0 bridgehead atoms. The van der Waals surface area contributed by atoms with Crippen LogP contribution in [0.5, 0.6) is 0 Å². The van der Waals surface area contributed by atoms with Gasteiger partial charge in [0.25, 0.3) is 0 Å². The molecule has 0 aromatic heterocycles. The van der Waals surface area contributed by atoms with E-state index in [-0.39, 0.29) is 0 Å². The molecule has 1 aromatic carbocycles. The van der Waals surface area contributed by atoms with E-state index >= 15 is 0 Å². The molecule has 0 radical (unpaired) electrons. The van der Waals surface area contributed by atoms with Gasteiger partial charge in [-0.15, -0.1) is 0 Å². The van der Waals surface area contributed by atoms with Gasteiger partial charge in [-0.1, -0.05) is 18.2 Å². The van der Waals surface area contributed by atoms with Gasteiger partial charge in [-0.25, -0.2) is 0 Å². The molecule has 1 aliphatic heterocycles. The van der Waals surface area contributed by atoms with Gasteiger partial charge in [0.2, 0.25) is 0 Å². The van der Waals surface area contributed by atoms with Crippen molar-refractivity contribution in [3.8, 4) is 0 Å². The third-order valence-electron chi connectivity index (χ3n) is 3.09. The number of hydrogen-bond acceptors (Lipinski definition) is 2. The van der Waals surface area contributed by atoms with Crippen molar-refractivity contribution in [3.63, 3.8) is 0 Å². The lowest BCUT2D eigenvalue weighted by Crippen LogP contribution is -2.14. The molecule has 16 heavy (non-hydrogen) atoms. The highest BCUT2D eigenvalue weighted by atomic mass is 16.5. The Morgan fingerprint density at radius 1 is 1.31 bits per heavy atom. The zero-order valence-corrected chi connectivity index (χ0v) is 10.0. The normalized spacial score (nSPS) is 15.8. The van der Waals surface area contributed by atoms with Crippen molar-refractivity contribution in [3.05, 3.63) is 41.0 Å². The average Bonchev–Trinajstić information content (AvgIpc) is 2.32. The second-order valence-electron chi connectivity index (χ2n) is 4.30. The van der Waals surface area contributed by atoms with Crippen molar-refractivity contribution in [2.45, 2.75) is 20.3 Å². The first kappa shape index (κ1) is 11.2. The molecule has 1 N–H and O–H groups in total. The highest BCUT2D eigenvalue weighted by Crippen LogP contribution is 2.18. The molecule has 0 saturated heterocycles. The molecule has 1 aliphatic rings. The summed E-state index contributed by atoms with van der Waals surface area (Å²) in [4.78, 5) is 0. The van der Waals surface area contributed by atoms with Crippen LogP contribution < -0.4 is 5.32 Å². The monoisotopic (exact) mass is 217 g/mol. The lowest BCUT2D eigenvalue weighted by molar-refractivity contribution is 0.150. The highest BCUT2D eigenvalue weighted by molar-refractivity contribution is 5.54. The Labute approximate surface area is 97.3 Å². The van der Waals surface area contributed by atoms with Gasteiger partial charge in [-0.3, -0.25) is 0 Å². The number of nitrogens with one attached hydrogen (secondary N) is 1. The molecule has 0 atom stereocenters. The fraction of sp³-hybridized carbons (Fsp3) is 0.429. The molecule has 1 heterocycles. The van der Waals surface area contributed by atoms with Gasteiger partial charge in [-0.2, -0.15) is 0 Å². The van der Waals surface area contributed by atoms with Gasteiger partial charge >= 0.3 is 0 Å². The predicted molar refractivity (Wildman–Crippen MR) is 67.9 cm³/mol. The van der Waals surface area contributed by atoms with Crippen LogP contribution in [0.1, 0.15) is 17.5 Å². The number of benzene rings is 1. The average molecular weight is 217 g/mol. The van der Waals surface area contributed by atoms with Gasteiger partial charge in [0.15, 0.2) is 0 Å². The Morgan fingerprint density at radius 2 is 2.19 bits per heavy atom. The molecule has 0 spiro atoms. The van der Waals surface area contributed by atoms with Gasteiger partial charge in [0.05, 0.1) is 13.2 Å². The number of hydrogen-bond donors (Lipinski definition) is 1. The first-order valence-corrected chi connectivity index (χ1v) is 5.83. The van der Waals surface area contributed by atoms with Crippen LogP contribution in [-0.2, 0) is 4.74 Å². The van der Waals surface area contributed by atoms with E-state index in [0.717, 1.165) is 26.2 Å². The molecule has 2 rings (SSSR count). The van der Waals surface area contributed by atoms with Crippen LogP contribution in [0.25, 0.3) is 0 Å². The standard InChI is InChI=1S/C14H19NO/c1-11-5-3-7-14(12(11)2)15-9-13-6-4-8-16-10-13/h3,5-7,15H,4,8-10H2,1-2H3. The van der Waals surface area contributed by atoms with Crippen molar-refractivity contribution < 1.29 is 4.74 Å². The maximum Gasteiger partial charge on any atom is 0.0693 e. The summed E-state index contributed by atoms with van der Waals surface area (Å²) in [5.41, 5.74) is 5.25. The van der Waals surface area contributed by atoms with E-state index in [2.05, 4.69) is 43.4 Å². The smallest absolute Gasteiger partial charge is 0.0693 e. The van der Waals surface area contributed by atoms with Gasteiger partial charge in [0, 0.05) is 12.2 Å². The Morgan fingerprint density at radius 3 is 2.94 bits per heavy atom. The summed E-state index contributed by atoms with van der Waals surface area (Å²) in [6, 6.07) is 6.37. The molecule has 0 unspecified atom stereocenters. The Bertz CT molecular complexity index is 396. The maximum atomic E-state index is 5.42. The van der Waals surface area contributed by atoms with Crippen molar-refractivity contribution in [2.24, 2.45) is 0 Å². The number of ether oxygens (including phenoxy) is 1. The van der Waals surface area contributed by atoms with E-state index in [4.69, 9.17) is 4.74 Å². The van der Waals surface area contributed by atoms with E-state index in [9.17, 15) is 0 Å². The topological polar surface area (TPSA) is 21.3 Å². The molecule has 0 amide bonds. The highest BCUT2D eigenvalue weighted by Gasteiger charge is 2.04. The first-order chi connectivity index (χ1) is 7.77. The quantitative estimate of drug-likeness (QED) is 0.786. The minimum Gasteiger partial charge on any atom is -0.381 e. The van der Waals surface area contributed by atoms with Crippen LogP contribution in [-0.4, -0.2) is 19.8 Å². The second-order valence-corrected chi connectivity index (χ2v) is 4.30. The summed E-state index contributed by atoms with van der Waals surface area (Å²) < 4.78 is 5.42. The molecule has 2 nitrogen and oxygen atoms in total. The fourth-order valence-electron chi connectivity index (χ4n) is 1.88. The molecule has 0 saturated carbocycles. The first-order valence-electron chi connectivity index (χ1n) is 5.83. The zero-order valence-electron chi connectivity index (χ0n) is 10.0. The van der Waals surface area contributed by atoms with Gasteiger partial charge < -0.3 is 10.1 Å². The van der Waals surface area contributed by atoms with Crippen LogP contribution >= 0.6 is 0 Å². The Hall–Kier alpha value is -1.28. The molecule has 2 heteroatoms. The SMILES string of the molecule is Cc1cccc(NCC2=CCCOC2)c1C. The van der Waals surface area contributed by atoms with E-state index in [1.165, 1.54) is 22.4 Å². The number of rotatable bonds is 3. The minimum absolute atomic E-state index is 0.776. The van der Waals surface area contributed by atoms with Crippen LogP contribution in [0.2, 0.25) is 0 Å². The lowest BCUT2D eigenvalue weighted by atomic mass is 10.1. The third kappa shape index (κ3) is 2.64. The maximum absolute atomic E-state index is 5.42. The van der Waals surface area contributed by atoms with E-state index in [1.807, 2.05) is 0 Å². The molecular formula is C14H19NO. The van der Waals surface area contributed by atoms with Gasteiger partial charge in [-0.05, 0) is 43.0 Å². The van der Waals surface area contributed by atoms with E-state index in [0.29, 0.717) is 0 Å². The summed E-state index contributed by atoms with van der Waals surface area (Å²) in [6.45, 7) is 6.84.